The quantitative estimate of drug-likeness (QED) is 0.591. The van der Waals surface area contributed by atoms with Crippen LogP contribution in [-0.2, 0) is 0 Å². The van der Waals surface area contributed by atoms with Crippen LogP contribution < -0.4 is 15.5 Å². The molecule has 1 aromatic rings. The molecule has 0 saturated carbocycles. The summed E-state index contributed by atoms with van der Waals surface area (Å²) in [5, 5.41) is 10.7. The van der Waals surface area contributed by atoms with Crippen molar-refractivity contribution in [1.82, 2.24) is 15.5 Å². The van der Waals surface area contributed by atoms with Crippen LogP contribution in [0.25, 0.3) is 0 Å². The number of nitrogens with one attached hydrogen (secondary N) is 2. The Kier molecular flexibility index (Phi) is 7.62. The van der Waals surface area contributed by atoms with Gasteiger partial charge in [-0.2, -0.15) is 0 Å². The largest absolute Gasteiger partial charge is 0.363 e. The van der Waals surface area contributed by atoms with E-state index in [1.54, 1.807) is 0 Å². The zero-order chi connectivity index (χ0) is 18.2. The number of anilines is 1. The second-order valence-electron chi connectivity index (χ2n) is 7.52. The normalized spacial score (nSPS) is 21.2. The number of likely N-dealkylation sites (tertiary alicyclic amines) is 1. The van der Waals surface area contributed by atoms with Crippen LogP contribution in [0.1, 0.15) is 39.0 Å². The van der Waals surface area contributed by atoms with Crippen LogP contribution in [0.3, 0.4) is 0 Å². The number of aliphatic imine (C=N–C) groups is 1. The number of hydrogen-bond donors (Lipinski definition) is 2. The van der Waals surface area contributed by atoms with Crippen molar-refractivity contribution in [3.05, 3.63) is 17.5 Å². The Bertz CT molecular complexity index is 528. The highest BCUT2D eigenvalue weighted by atomic mass is 32.1. The summed E-state index contributed by atoms with van der Waals surface area (Å²) in [7, 11) is 1.88. The molecule has 0 spiro atoms. The number of piperidine rings is 2. The van der Waals surface area contributed by atoms with Crippen LogP contribution in [0.2, 0.25) is 0 Å². The van der Waals surface area contributed by atoms with Crippen LogP contribution in [0, 0.1) is 5.92 Å². The summed E-state index contributed by atoms with van der Waals surface area (Å²) in [4.78, 5) is 9.50. The van der Waals surface area contributed by atoms with Gasteiger partial charge in [0, 0.05) is 32.7 Å². The Labute approximate surface area is 162 Å². The highest BCUT2D eigenvalue weighted by Gasteiger charge is 2.21. The molecule has 26 heavy (non-hydrogen) atoms. The number of guanidine groups is 1. The summed E-state index contributed by atoms with van der Waals surface area (Å²) in [6.45, 7) is 9.31. The summed E-state index contributed by atoms with van der Waals surface area (Å²) in [6, 6.07) is 4.90. The molecule has 3 rings (SSSR count). The van der Waals surface area contributed by atoms with E-state index in [0.29, 0.717) is 6.04 Å². The Morgan fingerprint density at radius 1 is 1.19 bits per heavy atom. The Balaban J connectivity index is 1.32. The third-order valence-electron chi connectivity index (χ3n) is 5.88. The summed E-state index contributed by atoms with van der Waals surface area (Å²) in [6.07, 6.45) is 6.31. The maximum Gasteiger partial charge on any atom is 0.191 e. The maximum atomic E-state index is 4.43. The molecule has 0 amide bonds. The van der Waals surface area contributed by atoms with Crippen LogP contribution >= 0.6 is 11.3 Å². The number of nitrogens with zero attached hydrogens (tertiary/aromatic N) is 3. The molecule has 0 aliphatic carbocycles. The molecule has 2 aliphatic heterocycles. The highest BCUT2D eigenvalue weighted by Crippen LogP contribution is 2.24. The van der Waals surface area contributed by atoms with Gasteiger partial charge in [0.1, 0.15) is 0 Å². The zero-order valence-corrected chi connectivity index (χ0v) is 17.2. The first-order valence-electron chi connectivity index (χ1n) is 10.3. The summed E-state index contributed by atoms with van der Waals surface area (Å²) < 4.78 is 0. The summed E-state index contributed by atoms with van der Waals surface area (Å²) in [5.74, 6) is 1.85. The maximum absolute atomic E-state index is 4.43. The highest BCUT2D eigenvalue weighted by molar-refractivity contribution is 7.14. The third-order valence-corrected chi connectivity index (χ3v) is 6.81. The first-order chi connectivity index (χ1) is 12.8. The van der Waals surface area contributed by atoms with Gasteiger partial charge in [0.05, 0.1) is 5.00 Å². The predicted octanol–water partition coefficient (Wildman–Crippen LogP) is 3.00. The van der Waals surface area contributed by atoms with Gasteiger partial charge in [-0.1, -0.05) is 6.92 Å². The fourth-order valence-electron chi connectivity index (χ4n) is 4.07. The molecule has 3 heterocycles. The molecule has 2 fully saturated rings. The summed E-state index contributed by atoms with van der Waals surface area (Å²) >= 11 is 1.84. The Morgan fingerprint density at radius 2 is 1.96 bits per heavy atom. The van der Waals surface area contributed by atoms with Crippen molar-refractivity contribution in [3.63, 3.8) is 0 Å². The van der Waals surface area contributed by atoms with E-state index in [0.717, 1.165) is 31.5 Å². The lowest BCUT2D eigenvalue weighted by atomic mass is 9.93. The molecule has 0 bridgehead atoms. The molecule has 6 heteroatoms. The van der Waals surface area contributed by atoms with E-state index in [4.69, 9.17) is 0 Å². The standard InChI is InChI=1S/C20H35N5S/c1-3-24-12-7-17(8-13-24)6-11-22-20(21-2)23-18-9-14-25(15-10-18)19-5-4-16-26-19/h4-5,16-18H,3,6-15H2,1-2H3,(H2,21,22,23). The molecule has 2 N–H and O–H groups in total. The van der Waals surface area contributed by atoms with E-state index in [2.05, 4.69) is 49.9 Å². The van der Waals surface area contributed by atoms with Gasteiger partial charge in [0.15, 0.2) is 5.96 Å². The fraction of sp³-hybridized carbons (Fsp3) is 0.750. The average molecular weight is 378 g/mol. The van der Waals surface area contributed by atoms with Crippen molar-refractivity contribution < 1.29 is 0 Å². The van der Waals surface area contributed by atoms with Crippen LogP contribution in [-0.4, -0.2) is 63.2 Å². The lowest BCUT2D eigenvalue weighted by Crippen LogP contribution is -2.49. The van der Waals surface area contributed by atoms with Gasteiger partial charge in [-0.25, -0.2) is 0 Å². The molecule has 0 aromatic carbocycles. The molecule has 2 aliphatic rings. The van der Waals surface area contributed by atoms with Gasteiger partial charge in [-0.3, -0.25) is 4.99 Å². The SMILES string of the molecule is CCN1CCC(CCNC(=NC)NC2CCN(c3cccs3)CC2)CC1. The van der Waals surface area contributed by atoms with E-state index in [9.17, 15) is 0 Å². The van der Waals surface area contributed by atoms with Crippen molar-refractivity contribution >= 4 is 22.3 Å². The molecular formula is C20H35N5S. The summed E-state index contributed by atoms with van der Waals surface area (Å²) in [5.41, 5.74) is 0. The molecule has 0 radical (unpaired) electrons. The van der Waals surface area contributed by atoms with Crippen molar-refractivity contribution in [1.29, 1.82) is 0 Å². The monoisotopic (exact) mass is 377 g/mol. The molecule has 0 atom stereocenters. The molecular weight excluding hydrogens is 342 g/mol. The lowest BCUT2D eigenvalue weighted by molar-refractivity contribution is 0.187. The number of thiophene rings is 1. The Morgan fingerprint density at radius 3 is 2.58 bits per heavy atom. The van der Waals surface area contributed by atoms with E-state index < -0.39 is 0 Å². The molecule has 2 saturated heterocycles. The van der Waals surface area contributed by atoms with Crippen molar-refractivity contribution in [2.45, 2.75) is 45.1 Å². The van der Waals surface area contributed by atoms with Crippen LogP contribution in [0.15, 0.2) is 22.5 Å². The second kappa shape index (κ2) is 10.2. The smallest absolute Gasteiger partial charge is 0.191 e. The molecule has 146 valence electrons. The minimum atomic E-state index is 0.533. The first-order valence-corrected chi connectivity index (χ1v) is 11.1. The number of hydrogen-bond acceptors (Lipinski definition) is 4. The van der Waals surface area contributed by atoms with Gasteiger partial charge in [0.25, 0.3) is 0 Å². The molecule has 1 aromatic heterocycles. The minimum Gasteiger partial charge on any atom is -0.363 e. The molecule has 5 nitrogen and oxygen atoms in total. The average Bonchev–Trinajstić information content (AvgIpc) is 3.23. The first kappa shape index (κ1) is 19.5. The third kappa shape index (κ3) is 5.61. The van der Waals surface area contributed by atoms with E-state index in [-0.39, 0.29) is 0 Å². The van der Waals surface area contributed by atoms with Crippen molar-refractivity contribution in [2.75, 3.05) is 51.2 Å². The second-order valence-corrected chi connectivity index (χ2v) is 8.45. The predicted molar refractivity (Wildman–Crippen MR) is 114 cm³/mol. The van der Waals surface area contributed by atoms with Gasteiger partial charge in [0.2, 0.25) is 0 Å². The zero-order valence-electron chi connectivity index (χ0n) is 16.4. The van der Waals surface area contributed by atoms with E-state index in [1.807, 2.05) is 18.4 Å². The fourth-order valence-corrected chi connectivity index (χ4v) is 4.85. The lowest BCUT2D eigenvalue weighted by Gasteiger charge is -2.34. The van der Waals surface area contributed by atoms with Gasteiger partial charge < -0.3 is 20.4 Å². The van der Waals surface area contributed by atoms with Gasteiger partial charge in [-0.05, 0) is 75.2 Å². The number of rotatable bonds is 6. The minimum absolute atomic E-state index is 0.533. The van der Waals surface area contributed by atoms with Gasteiger partial charge >= 0.3 is 0 Å². The van der Waals surface area contributed by atoms with Crippen molar-refractivity contribution in [2.24, 2.45) is 10.9 Å². The molecule has 0 unspecified atom stereocenters. The topological polar surface area (TPSA) is 42.9 Å². The van der Waals surface area contributed by atoms with Crippen LogP contribution in [0.4, 0.5) is 5.00 Å². The van der Waals surface area contributed by atoms with E-state index >= 15 is 0 Å². The Hall–Kier alpha value is -1.27. The van der Waals surface area contributed by atoms with Gasteiger partial charge in [-0.15, -0.1) is 11.3 Å². The van der Waals surface area contributed by atoms with E-state index in [1.165, 1.54) is 56.7 Å². The van der Waals surface area contributed by atoms with Crippen molar-refractivity contribution in [3.8, 4) is 0 Å². The van der Waals surface area contributed by atoms with Crippen LogP contribution in [0.5, 0.6) is 0 Å².